The average molecular weight is 224 g/mol. The second-order valence-electron chi connectivity index (χ2n) is 4.35. The SMILES string of the molecule is CC(C)CNCc1nccn1C(C)C(N)=O. The van der Waals surface area contributed by atoms with Crippen LogP contribution in [-0.2, 0) is 11.3 Å². The molecule has 0 bridgehead atoms. The van der Waals surface area contributed by atoms with Crippen molar-refractivity contribution in [3.05, 3.63) is 18.2 Å². The van der Waals surface area contributed by atoms with Gasteiger partial charge in [-0.2, -0.15) is 0 Å². The van der Waals surface area contributed by atoms with Crippen molar-refractivity contribution in [3.8, 4) is 0 Å². The summed E-state index contributed by atoms with van der Waals surface area (Å²) in [7, 11) is 0. The number of amides is 1. The zero-order valence-electron chi connectivity index (χ0n) is 10.1. The van der Waals surface area contributed by atoms with Crippen molar-refractivity contribution < 1.29 is 4.79 Å². The van der Waals surface area contributed by atoms with E-state index >= 15 is 0 Å². The van der Waals surface area contributed by atoms with Gasteiger partial charge in [-0.25, -0.2) is 4.98 Å². The van der Waals surface area contributed by atoms with Crippen molar-refractivity contribution in [2.75, 3.05) is 6.54 Å². The normalized spacial score (nSPS) is 13.0. The molecule has 0 aliphatic rings. The lowest BCUT2D eigenvalue weighted by Crippen LogP contribution is -2.27. The number of hydrogen-bond donors (Lipinski definition) is 2. The summed E-state index contributed by atoms with van der Waals surface area (Å²) in [5.74, 6) is 1.09. The van der Waals surface area contributed by atoms with Gasteiger partial charge >= 0.3 is 0 Å². The van der Waals surface area contributed by atoms with E-state index in [1.165, 1.54) is 0 Å². The Labute approximate surface area is 96.0 Å². The van der Waals surface area contributed by atoms with Gasteiger partial charge < -0.3 is 15.6 Å². The van der Waals surface area contributed by atoms with Crippen LogP contribution < -0.4 is 11.1 Å². The van der Waals surface area contributed by atoms with Crippen molar-refractivity contribution in [1.82, 2.24) is 14.9 Å². The molecule has 0 saturated carbocycles. The summed E-state index contributed by atoms with van der Waals surface area (Å²) in [4.78, 5) is 15.3. The molecule has 1 heterocycles. The number of nitrogens with two attached hydrogens (primary N) is 1. The summed E-state index contributed by atoms with van der Waals surface area (Å²) in [6, 6.07) is -0.349. The van der Waals surface area contributed by atoms with Gasteiger partial charge in [0.15, 0.2) is 0 Å². The van der Waals surface area contributed by atoms with Crippen LogP contribution in [-0.4, -0.2) is 22.0 Å². The molecule has 1 rings (SSSR count). The molecule has 0 aromatic carbocycles. The summed E-state index contributed by atoms with van der Waals surface area (Å²) in [6.07, 6.45) is 3.47. The lowest BCUT2D eigenvalue weighted by atomic mass is 10.2. The maximum absolute atomic E-state index is 11.1. The van der Waals surface area contributed by atoms with E-state index in [4.69, 9.17) is 5.73 Å². The number of imidazole rings is 1. The quantitative estimate of drug-likeness (QED) is 0.746. The van der Waals surface area contributed by atoms with Crippen LogP contribution in [0.1, 0.15) is 32.6 Å². The van der Waals surface area contributed by atoms with E-state index in [-0.39, 0.29) is 11.9 Å². The van der Waals surface area contributed by atoms with Gasteiger partial charge in [-0.3, -0.25) is 4.79 Å². The Morgan fingerprint density at radius 2 is 2.25 bits per heavy atom. The highest BCUT2D eigenvalue weighted by Crippen LogP contribution is 2.08. The molecule has 0 aliphatic heterocycles. The van der Waals surface area contributed by atoms with Crippen LogP contribution >= 0.6 is 0 Å². The van der Waals surface area contributed by atoms with Crippen molar-refractivity contribution in [1.29, 1.82) is 0 Å². The highest BCUT2D eigenvalue weighted by Gasteiger charge is 2.14. The van der Waals surface area contributed by atoms with Crippen LogP contribution in [0.3, 0.4) is 0 Å². The minimum absolute atomic E-state index is 0.344. The van der Waals surface area contributed by atoms with Crippen molar-refractivity contribution >= 4 is 5.91 Å². The standard InChI is InChI=1S/C11H20N4O/c1-8(2)6-13-7-10-14-4-5-15(10)9(3)11(12)16/h4-5,8-9,13H,6-7H2,1-3H3,(H2,12,16). The van der Waals surface area contributed by atoms with Crippen LogP contribution in [0.15, 0.2) is 12.4 Å². The first kappa shape index (κ1) is 12.7. The summed E-state index contributed by atoms with van der Waals surface area (Å²) < 4.78 is 1.80. The van der Waals surface area contributed by atoms with Gasteiger partial charge in [-0.1, -0.05) is 13.8 Å². The van der Waals surface area contributed by atoms with Crippen LogP contribution in [0.4, 0.5) is 0 Å². The van der Waals surface area contributed by atoms with E-state index in [1.807, 2.05) is 0 Å². The number of aromatic nitrogens is 2. The monoisotopic (exact) mass is 224 g/mol. The van der Waals surface area contributed by atoms with Gasteiger partial charge in [0.05, 0.1) is 6.54 Å². The first-order valence-electron chi connectivity index (χ1n) is 5.54. The fourth-order valence-corrected chi connectivity index (χ4v) is 1.44. The molecule has 0 saturated heterocycles. The van der Waals surface area contributed by atoms with Gasteiger partial charge in [0, 0.05) is 12.4 Å². The topological polar surface area (TPSA) is 72.9 Å². The second-order valence-corrected chi connectivity index (χ2v) is 4.35. The van der Waals surface area contributed by atoms with Crippen molar-refractivity contribution in [3.63, 3.8) is 0 Å². The fourth-order valence-electron chi connectivity index (χ4n) is 1.44. The molecular formula is C11H20N4O. The molecule has 5 nitrogen and oxygen atoms in total. The number of nitrogens with one attached hydrogen (secondary N) is 1. The Hall–Kier alpha value is -1.36. The van der Waals surface area contributed by atoms with Gasteiger partial charge in [0.2, 0.25) is 5.91 Å². The number of nitrogens with zero attached hydrogens (tertiary/aromatic N) is 2. The molecule has 1 atom stereocenters. The molecule has 1 aromatic heterocycles. The lowest BCUT2D eigenvalue weighted by Gasteiger charge is -2.13. The highest BCUT2D eigenvalue weighted by molar-refractivity contribution is 5.77. The molecule has 3 N–H and O–H groups in total. The van der Waals surface area contributed by atoms with E-state index in [0.29, 0.717) is 12.5 Å². The van der Waals surface area contributed by atoms with Gasteiger partial charge in [-0.05, 0) is 19.4 Å². The molecule has 5 heteroatoms. The van der Waals surface area contributed by atoms with E-state index in [1.54, 1.807) is 23.9 Å². The average Bonchev–Trinajstić information content (AvgIpc) is 2.64. The van der Waals surface area contributed by atoms with Gasteiger partial charge in [-0.15, -0.1) is 0 Å². The summed E-state index contributed by atoms with van der Waals surface area (Å²) in [5.41, 5.74) is 5.27. The molecule has 0 fully saturated rings. The molecule has 0 radical (unpaired) electrons. The van der Waals surface area contributed by atoms with Gasteiger partial charge in [0.1, 0.15) is 11.9 Å². The smallest absolute Gasteiger partial charge is 0.240 e. The van der Waals surface area contributed by atoms with Crippen LogP contribution in [0.25, 0.3) is 0 Å². The zero-order chi connectivity index (χ0) is 12.1. The molecule has 90 valence electrons. The van der Waals surface area contributed by atoms with Crippen LogP contribution in [0.5, 0.6) is 0 Å². The third-order valence-electron chi connectivity index (χ3n) is 2.41. The fraction of sp³-hybridized carbons (Fsp3) is 0.636. The van der Waals surface area contributed by atoms with Crippen molar-refractivity contribution in [2.24, 2.45) is 11.7 Å². The maximum Gasteiger partial charge on any atom is 0.240 e. The van der Waals surface area contributed by atoms with Crippen LogP contribution in [0.2, 0.25) is 0 Å². The van der Waals surface area contributed by atoms with E-state index in [0.717, 1.165) is 12.4 Å². The lowest BCUT2D eigenvalue weighted by molar-refractivity contribution is -0.120. The maximum atomic E-state index is 11.1. The second kappa shape index (κ2) is 5.65. The Bertz CT molecular complexity index is 346. The third kappa shape index (κ3) is 3.34. The summed E-state index contributed by atoms with van der Waals surface area (Å²) in [5, 5.41) is 3.29. The number of carbonyl (C=O) groups is 1. The zero-order valence-corrected chi connectivity index (χ0v) is 10.1. The first-order chi connectivity index (χ1) is 7.52. The largest absolute Gasteiger partial charge is 0.368 e. The summed E-state index contributed by atoms with van der Waals surface area (Å²) in [6.45, 7) is 7.65. The van der Waals surface area contributed by atoms with E-state index in [2.05, 4.69) is 24.1 Å². The van der Waals surface area contributed by atoms with E-state index in [9.17, 15) is 4.79 Å². The van der Waals surface area contributed by atoms with E-state index < -0.39 is 0 Å². The van der Waals surface area contributed by atoms with Gasteiger partial charge in [0.25, 0.3) is 0 Å². The Morgan fingerprint density at radius 3 is 2.81 bits per heavy atom. The molecule has 0 aliphatic carbocycles. The molecule has 0 spiro atoms. The Morgan fingerprint density at radius 1 is 1.56 bits per heavy atom. The molecule has 1 amide bonds. The van der Waals surface area contributed by atoms with Crippen LogP contribution in [0, 0.1) is 5.92 Å². The molecule has 1 unspecified atom stereocenters. The number of carbonyl (C=O) groups excluding carboxylic acids is 1. The molecular weight excluding hydrogens is 204 g/mol. The minimum Gasteiger partial charge on any atom is -0.368 e. The molecule has 16 heavy (non-hydrogen) atoms. The number of hydrogen-bond acceptors (Lipinski definition) is 3. The molecule has 1 aromatic rings. The summed E-state index contributed by atoms with van der Waals surface area (Å²) >= 11 is 0. The number of rotatable bonds is 6. The first-order valence-corrected chi connectivity index (χ1v) is 5.54. The predicted octanol–water partition coefficient (Wildman–Crippen LogP) is 0.675. The number of primary amides is 1. The Balaban J connectivity index is 2.60. The predicted molar refractivity (Wildman–Crippen MR) is 62.7 cm³/mol. The Kier molecular flexibility index (Phi) is 4.49. The highest BCUT2D eigenvalue weighted by atomic mass is 16.1. The third-order valence-corrected chi connectivity index (χ3v) is 2.41. The minimum atomic E-state index is -0.349. The van der Waals surface area contributed by atoms with Crippen molar-refractivity contribution in [2.45, 2.75) is 33.4 Å².